The molecule has 6 nitrogen and oxygen atoms in total. The maximum Gasteiger partial charge on any atom is 0.387 e. The minimum absolute atomic E-state index is 0.0415. The lowest BCUT2D eigenvalue weighted by Gasteiger charge is -2.27. The Morgan fingerprint density at radius 1 is 1.39 bits per heavy atom. The molecule has 2 N–H and O–H groups in total. The van der Waals surface area contributed by atoms with Crippen LogP contribution in [-0.2, 0) is 10.3 Å². The van der Waals surface area contributed by atoms with Crippen LogP contribution in [0.15, 0.2) is 65.2 Å². The number of ether oxygens (including phenoxy) is 1. The Balaban J connectivity index is 3.30. The third kappa shape index (κ3) is 7.70. The van der Waals surface area contributed by atoms with Crippen molar-refractivity contribution in [3.63, 3.8) is 0 Å². The van der Waals surface area contributed by atoms with Gasteiger partial charge < -0.3 is 15.4 Å². The number of allylic oxidation sites excluding steroid dienone is 3. The highest BCUT2D eigenvalue weighted by atomic mass is 19.3. The Bertz CT molecular complexity index is 884. The van der Waals surface area contributed by atoms with Gasteiger partial charge in [-0.05, 0) is 43.0 Å². The summed E-state index contributed by atoms with van der Waals surface area (Å²) in [6.07, 6.45) is 7.91. The number of benzene rings is 1. The van der Waals surface area contributed by atoms with Crippen molar-refractivity contribution in [3.8, 4) is 11.8 Å². The Morgan fingerprint density at radius 2 is 2.03 bits per heavy atom. The zero-order valence-electron chi connectivity index (χ0n) is 18.0. The molecule has 1 unspecified atom stereocenters. The number of guanidine groups is 1. The Hall–Kier alpha value is -3.47. The van der Waals surface area contributed by atoms with Gasteiger partial charge >= 0.3 is 6.61 Å². The van der Waals surface area contributed by atoms with Crippen LogP contribution in [0.3, 0.4) is 0 Å². The summed E-state index contributed by atoms with van der Waals surface area (Å²) in [6, 6.07) is 7.71. The number of nitrogens with zero attached hydrogens (tertiary/aromatic N) is 3. The van der Waals surface area contributed by atoms with E-state index in [2.05, 4.69) is 22.4 Å². The van der Waals surface area contributed by atoms with E-state index < -0.39 is 12.2 Å². The molecule has 1 aromatic carbocycles. The minimum Gasteiger partial charge on any atom is -0.435 e. The second-order valence-corrected chi connectivity index (χ2v) is 7.06. The molecule has 0 saturated carbocycles. The van der Waals surface area contributed by atoms with Crippen LogP contribution in [0.5, 0.6) is 5.75 Å². The lowest BCUT2D eigenvalue weighted by molar-refractivity contribution is -0.111. The van der Waals surface area contributed by atoms with Gasteiger partial charge in [0.15, 0.2) is 17.8 Å². The van der Waals surface area contributed by atoms with Crippen LogP contribution in [0.1, 0.15) is 31.7 Å². The molecule has 1 rings (SSSR count). The molecule has 0 amide bonds. The minimum atomic E-state index is -2.95. The van der Waals surface area contributed by atoms with Crippen molar-refractivity contribution in [2.45, 2.75) is 38.3 Å². The first kappa shape index (κ1) is 25.6. The standard InChI is InChI=1S/C23H28F2N4O2/c1-17(8-5-6-15-26)9-7-10-18(2)23(16-30,28-22(27)29(3)4)19-11-13-20(14-12-19)31-21(24)25/h7,9-14,16,21H,2,5-6,8H2,1,3-4H3,(H2,27,28)/b10-7-,17-9+. The van der Waals surface area contributed by atoms with Crippen LogP contribution in [0.25, 0.3) is 0 Å². The van der Waals surface area contributed by atoms with Crippen molar-refractivity contribution >= 4 is 12.2 Å². The number of hydrogen-bond acceptors (Lipinski definition) is 4. The van der Waals surface area contributed by atoms with Gasteiger partial charge in [-0.3, -0.25) is 4.79 Å². The first-order chi connectivity index (χ1) is 14.7. The number of carbonyl (C=O) groups is 1. The quantitative estimate of drug-likeness (QED) is 0.186. The third-order valence-electron chi connectivity index (χ3n) is 4.47. The van der Waals surface area contributed by atoms with Crippen molar-refractivity contribution in [3.05, 3.63) is 65.8 Å². The molecule has 0 aromatic heterocycles. The Kier molecular flexibility index (Phi) is 10.1. The van der Waals surface area contributed by atoms with Gasteiger partial charge in [-0.1, -0.05) is 42.5 Å². The van der Waals surface area contributed by atoms with E-state index in [1.165, 1.54) is 24.3 Å². The second kappa shape index (κ2) is 12.3. The van der Waals surface area contributed by atoms with Crippen LogP contribution in [0, 0.1) is 11.3 Å². The Morgan fingerprint density at radius 3 is 2.55 bits per heavy atom. The molecule has 0 heterocycles. The number of nitriles is 1. The van der Waals surface area contributed by atoms with Crippen molar-refractivity contribution in [1.82, 2.24) is 4.90 Å². The average molecular weight is 430 g/mol. The number of halogens is 2. The normalized spacial score (nSPS) is 14.2. The molecule has 0 aliphatic rings. The molecule has 0 bridgehead atoms. The van der Waals surface area contributed by atoms with Gasteiger partial charge in [0.2, 0.25) is 0 Å². The molecule has 166 valence electrons. The molecule has 8 heteroatoms. The maximum atomic E-state index is 12.4. The van der Waals surface area contributed by atoms with Gasteiger partial charge in [0.1, 0.15) is 5.75 Å². The van der Waals surface area contributed by atoms with Gasteiger partial charge in [-0.15, -0.1) is 0 Å². The number of alkyl halides is 2. The maximum absolute atomic E-state index is 12.4. The zero-order valence-corrected chi connectivity index (χ0v) is 18.0. The Labute approximate surface area is 182 Å². The number of aliphatic imine (C=N–C) groups is 1. The van der Waals surface area contributed by atoms with Crippen molar-refractivity contribution in [2.24, 2.45) is 10.7 Å². The zero-order chi connectivity index (χ0) is 23.4. The summed E-state index contributed by atoms with van der Waals surface area (Å²) in [7, 11) is 3.36. The summed E-state index contributed by atoms with van der Waals surface area (Å²) in [4.78, 5) is 18.2. The van der Waals surface area contributed by atoms with E-state index in [1.807, 2.05) is 13.0 Å². The molecule has 0 aliphatic carbocycles. The van der Waals surface area contributed by atoms with Crippen LogP contribution in [-0.4, -0.2) is 37.9 Å². The summed E-state index contributed by atoms with van der Waals surface area (Å²) in [6.45, 7) is 3.00. The number of unbranched alkanes of at least 4 members (excludes halogenated alkanes) is 1. The van der Waals surface area contributed by atoms with Crippen LogP contribution >= 0.6 is 0 Å². The molecule has 0 fully saturated rings. The van der Waals surface area contributed by atoms with E-state index in [-0.39, 0.29) is 11.7 Å². The van der Waals surface area contributed by atoms with E-state index in [9.17, 15) is 13.6 Å². The summed E-state index contributed by atoms with van der Waals surface area (Å²) in [5.74, 6) is 0.0537. The number of hydrogen-bond donors (Lipinski definition) is 1. The smallest absolute Gasteiger partial charge is 0.387 e. The van der Waals surface area contributed by atoms with Crippen LogP contribution < -0.4 is 10.5 Å². The first-order valence-electron chi connectivity index (χ1n) is 9.60. The lowest BCUT2D eigenvalue weighted by atomic mass is 9.84. The summed E-state index contributed by atoms with van der Waals surface area (Å²) < 4.78 is 29.3. The fourth-order valence-corrected chi connectivity index (χ4v) is 2.65. The monoisotopic (exact) mass is 430 g/mol. The third-order valence-corrected chi connectivity index (χ3v) is 4.47. The summed E-state index contributed by atoms with van der Waals surface area (Å²) in [5, 5.41) is 8.62. The van der Waals surface area contributed by atoms with Gasteiger partial charge in [-0.2, -0.15) is 14.0 Å². The molecular weight excluding hydrogens is 402 g/mol. The van der Waals surface area contributed by atoms with E-state index in [0.717, 1.165) is 18.4 Å². The molecule has 1 atom stereocenters. The highest BCUT2D eigenvalue weighted by Gasteiger charge is 2.34. The van der Waals surface area contributed by atoms with Crippen LogP contribution in [0.2, 0.25) is 0 Å². The molecular formula is C23H28F2N4O2. The first-order valence-corrected chi connectivity index (χ1v) is 9.60. The summed E-state index contributed by atoms with van der Waals surface area (Å²) >= 11 is 0. The van der Waals surface area contributed by atoms with Crippen molar-refractivity contribution in [2.75, 3.05) is 14.1 Å². The van der Waals surface area contributed by atoms with Crippen molar-refractivity contribution < 1.29 is 18.3 Å². The number of nitrogens with two attached hydrogens (primary N) is 1. The van der Waals surface area contributed by atoms with Gasteiger partial charge in [0.05, 0.1) is 6.07 Å². The predicted molar refractivity (Wildman–Crippen MR) is 118 cm³/mol. The fourth-order valence-electron chi connectivity index (χ4n) is 2.65. The van der Waals surface area contributed by atoms with Gasteiger partial charge in [0.25, 0.3) is 0 Å². The van der Waals surface area contributed by atoms with Crippen molar-refractivity contribution in [1.29, 1.82) is 5.26 Å². The van der Waals surface area contributed by atoms with E-state index in [1.54, 1.807) is 31.1 Å². The SMILES string of the molecule is C=C(/C=C\C=C(/C)CCCC#N)C(C=O)(N=C(N)N(C)C)c1ccc(OC(F)F)cc1. The second-order valence-electron chi connectivity index (χ2n) is 7.06. The molecule has 1 aromatic rings. The molecule has 0 aliphatic heterocycles. The molecule has 31 heavy (non-hydrogen) atoms. The van der Waals surface area contributed by atoms with Gasteiger partial charge in [0, 0.05) is 20.5 Å². The van der Waals surface area contributed by atoms with Crippen LogP contribution in [0.4, 0.5) is 8.78 Å². The largest absolute Gasteiger partial charge is 0.435 e. The predicted octanol–water partition coefficient (Wildman–Crippen LogP) is 4.31. The van der Waals surface area contributed by atoms with Gasteiger partial charge in [-0.25, -0.2) is 4.99 Å². The highest BCUT2D eigenvalue weighted by molar-refractivity contribution is 5.84. The highest BCUT2D eigenvalue weighted by Crippen LogP contribution is 2.33. The lowest BCUT2D eigenvalue weighted by Crippen LogP contribution is -2.37. The molecule has 0 saturated heterocycles. The van der Waals surface area contributed by atoms with E-state index in [0.29, 0.717) is 23.8 Å². The summed E-state index contributed by atoms with van der Waals surface area (Å²) in [5.41, 5.74) is 6.25. The fraction of sp³-hybridized carbons (Fsp3) is 0.348. The van der Waals surface area contributed by atoms with E-state index in [4.69, 9.17) is 11.0 Å². The average Bonchev–Trinajstić information content (AvgIpc) is 2.72. The number of aldehydes is 1. The van der Waals surface area contributed by atoms with E-state index >= 15 is 0 Å². The number of carbonyl (C=O) groups excluding carboxylic acids is 1. The number of rotatable bonds is 11. The molecule has 0 spiro atoms. The molecule has 0 radical (unpaired) electrons. The topological polar surface area (TPSA) is 91.7 Å².